The molecular weight excluding hydrogens is 456 g/mol. The number of amides is 1. The van der Waals surface area contributed by atoms with E-state index in [2.05, 4.69) is 48.0 Å². The molecule has 2 heterocycles. The van der Waals surface area contributed by atoms with Crippen molar-refractivity contribution >= 4 is 35.0 Å². The molecule has 1 saturated heterocycles. The number of anilines is 1. The number of piperazine rings is 1. The first kappa shape index (κ1) is 23.4. The lowest BCUT2D eigenvalue weighted by atomic mass is 9.87. The summed E-state index contributed by atoms with van der Waals surface area (Å²) < 4.78 is 1.46. The van der Waals surface area contributed by atoms with Crippen LogP contribution in [0.4, 0.5) is 5.69 Å². The van der Waals surface area contributed by atoms with Crippen LogP contribution < -0.4 is 10.7 Å². The molecule has 2 aromatic carbocycles. The lowest BCUT2D eigenvalue weighted by Crippen LogP contribution is -2.49. The zero-order chi connectivity index (χ0) is 23.6. The molecule has 0 atom stereocenters. The van der Waals surface area contributed by atoms with Gasteiger partial charge in [0.2, 0.25) is 11.1 Å². The minimum absolute atomic E-state index is 0.0739. The van der Waals surface area contributed by atoms with Crippen molar-refractivity contribution < 1.29 is 4.79 Å². The van der Waals surface area contributed by atoms with Crippen molar-refractivity contribution in [2.75, 3.05) is 42.7 Å². The highest BCUT2D eigenvalue weighted by Crippen LogP contribution is 2.27. The topological polar surface area (TPSA) is 80.3 Å². The number of hydrogen-bond donors (Lipinski definition) is 1. The Labute approximate surface area is 203 Å². The average molecular weight is 485 g/mol. The standard InChI is InChI=1S/C24H29ClN6OS/c1-24(2,3)18-9-7-17(8-10-18)22-27-28-23(31(22)26)33-16-21(32)30-13-11-29(12-14-30)20-6-4-5-19(25)15-20/h4-10,15H,11-14,16,26H2,1-3H3. The Morgan fingerprint density at radius 1 is 1.06 bits per heavy atom. The highest BCUT2D eigenvalue weighted by molar-refractivity contribution is 7.99. The summed E-state index contributed by atoms with van der Waals surface area (Å²) in [4.78, 5) is 16.9. The van der Waals surface area contributed by atoms with Gasteiger partial charge in [0.15, 0.2) is 5.82 Å². The molecule has 1 aliphatic heterocycles. The number of nitrogen functional groups attached to an aromatic ring is 1. The third kappa shape index (κ3) is 5.45. The number of carbonyl (C=O) groups excluding carboxylic acids is 1. The Hall–Kier alpha value is -2.71. The third-order valence-electron chi connectivity index (χ3n) is 5.80. The number of nitrogens with two attached hydrogens (primary N) is 1. The molecule has 1 amide bonds. The van der Waals surface area contributed by atoms with E-state index in [1.807, 2.05) is 41.3 Å². The van der Waals surface area contributed by atoms with E-state index in [-0.39, 0.29) is 17.1 Å². The predicted octanol–water partition coefficient (Wildman–Crippen LogP) is 4.05. The maximum Gasteiger partial charge on any atom is 0.233 e. The number of thioether (sulfide) groups is 1. The van der Waals surface area contributed by atoms with Gasteiger partial charge in [0.05, 0.1) is 5.75 Å². The van der Waals surface area contributed by atoms with Gasteiger partial charge in [-0.3, -0.25) is 4.79 Å². The van der Waals surface area contributed by atoms with E-state index in [0.717, 1.165) is 29.4 Å². The van der Waals surface area contributed by atoms with Crippen LogP contribution in [0.1, 0.15) is 26.3 Å². The fraction of sp³-hybridized carbons (Fsp3) is 0.375. The molecule has 0 unspecified atom stereocenters. The predicted molar refractivity (Wildman–Crippen MR) is 135 cm³/mol. The van der Waals surface area contributed by atoms with E-state index in [1.54, 1.807) is 0 Å². The van der Waals surface area contributed by atoms with E-state index in [4.69, 9.17) is 17.4 Å². The van der Waals surface area contributed by atoms with E-state index >= 15 is 0 Å². The maximum atomic E-state index is 12.8. The minimum atomic E-state index is 0.0739. The summed E-state index contributed by atoms with van der Waals surface area (Å²) in [7, 11) is 0. The van der Waals surface area contributed by atoms with Crippen LogP contribution in [0.2, 0.25) is 5.02 Å². The summed E-state index contributed by atoms with van der Waals surface area (Å²) in [5, 5.41) is 9.69. The smallest absolute Gasteiger partial charge is 0.233 e. The second-order valence-corrected chi connectivity index (χ2v) is 10.5. The average Bonchev–Trinajstić information content (AvgIpc) is 3.17. The highest BCUT2D eigenvalue weighted by Gasteiger charge is 2.23. The fourth-order valence-corrected chi connectivity index (χ4v) is 4.74. The van der Waals surface area contributed by atoms with Gasteiger partial charge in [0, 0.05) is 42.5 Å². The lowest BCUT2D eigenvalue weighted by molar-refractivity contribution is -0.128. The quantitative estimate of drug-likeness (QED) is 0.434. The van der Waals surface area contributed by atoms with Crippen LogP contribution in [0.3, 0.4) is 0 Å². The zero-order valence-electron chi connectivity index (χ0n) is 19.2. The number of hydrogen-bond acceptors (Lipinski definition) is 6. The maximum absolute atomic E-state index is 12.8. The van der Waals surface area contributed by atoms with Crippen LogP contribution in [0.25, 0.3) is 11.4 Å². The normalized spacial score (nSPS) is 14.5. The molecule has 0 spiro atoms. The molecule has 7 nitrogen and oxygen atoms in total. The van der Waals surface area contributed by atoms with Gasteiger partial charge in [-0.05, 0) is 29.2 Å². The summed E-state index contributed by atoms with van der Waals surface area (Å²) >= 11 is 7.42. The Morgan fingerprint density at radius 3 is 2.39 bits per heavy atom. The fourth-order valence-electron chi connectivity index (χ4n) is 3.80. The van der Waals surface area contributed by atoms with Crippen LogP contribution in [0.5, 0.6) is 0 Å². The van der Waals surface area contributed by atoms with Gasteiger partial charge in [-0.1, -0.05) is 74.5 Å². The number of rotatable bonds is 5. The van der Waals surface area contributed by atoms with Crippen molar-refractivity contribution in [2.45, 2.75) is 31.3 Å². The molecule has 1 aliphatic rings. The SMILES string of the molecule is CC(C)(C)c1ccc(-c2nnc(SCC(=O)N3CCN(c4cccc(Cl)c4)CC3)n2N)cc1. The van der Waals surface area contributed by atoms with E-state index in [1.165, 1.54) is 22.0 Å². The van der Waals surface area contributed by atoms with E-state index in [0.29, 0.717) is 24.1 Å². The molecule has 174 valence electrons. The van der Waals surface area contributed by atoms with Gasteiger partial charge in [-0.15, -0.1) is 10.2 Å². The van der Waals surface area contributed by atoms with Crippen molar-refractivity contribution in [1.29, 1.82) is 0 Å². The molecule has 33 heavy (non-hydrogen) atoms. The number of carbonyl (C=O) groups is 1. The molecule has 0 bridgehead atoms. The van der Waals surface area contributed by atoms with Crippen LogP contribution in [-0.2, 0) is 10.2 Å². The molecular formula is C24H29ClN6OS. The first-order chi connectivity index (χ1) is 15.7. The second kappa shape index (κ2) is 9.65. The van der Waals surface area contributed by atoms with Gasteiger partial charge in [-0.2, -0.15) is 0 Å². The summed E-state index contributed by atoms with van der Waals surface area (Å²) in [5.74, 6) is 7.18. The van der Waals surface area contributed by atoms with Crippen LogP contribution in [-0.4, -0.2) is 57.6 Å². The first-order valence-electron chi connectivity index (χ1n) is 10.9. The largest absolute Gasteiger partial charge is 0.368 e. The zero-order valence-corrected chi connectivity index (χ0v) is 20.7. The van der Waals surface area contributed by atoms with E-state index in [9.17, 15) is 4.79 Å². The van der Waals surface area contributed by atoms with Crippen molar-refractivity contribution in [3.8, 4) is 11.4 Å². The highest BCUT2D eigenvalue weighted by atomic mass is 35.5. The number of benzene rings is 2. The second-order valence-electron chi connectivity index (χ2n) is 9.14. The van der Waals surface area contributed by atoms with Gasteiger partial charge >= 0.3 is 0 Å². The molecule has 0 saturated carbocycles. The molecule has 3 aromatic rings. The third-order valence-corrected chi connectivity index (χ3v) is 6.97. The summed E-state index contributed by atoms with van der Waals surface area (Å²) in [5.41, 5.74) is 3.30. The number of aromatic nitrogens is 3. The summed E-state index contributed by atoms with van der Waals surface area (Å²) in [6, 6.07) is 16.0. The summed E-state index contributed by atoms with van der Waals surface area (Å²) in [6.45, 7) is 9.43. The monoisotopic (exact) mass is 484 g/mol. The van der Waals surface area contributed by atoms with Gasteiger partial charge in [-0.25, -0.2) is 4.68 Å². The Morgan fingerprint density at radius 2 is 1.76 bits per heavy atom. The Kier molecular flexibility index (Phi) is 6.86. The summed E-state index contributed by atoms with van der Waals surface area (Å²) in [6.07, 6.45) is 0. The minimum Gasteiger partial charge on any atom is -0.368 e. The molecule has 1 fully saturated rings. The van der Waals surface area contributed by atoms with Crippen molar-refractivity contribution in [2.24, 2.45) is 0 Å². The number of halogens is 1. The molecule has 2 N–H and O–H groups in total. The molecule has 1 aromatic heterocycles. The first-order valence-corrected chi connectivity index (χ1v) is 12.3. The molecule has 9 heteroatoms. The van der Waals surface area contributed by atoms with Gasteiger partial charge in [0.25, 0.3) is 0 Å². The van der Waals surface area contributed by atoms with Gasteiger partial charge < -0.3 is 15.6 Å². The Balaban J connectivity index is 1.33. The van der Waals surface area contributed by atoms with Gasteiger partial charge in [0.1, 0.15) is 0 Å². The molecule has 4 rings (SSSR count). The molecule has 0 radical (unpaired) electrons. The Bertz CT molecular complexity index is 1120. The van der Waals surface area contributed by atoms with Crippen molar-refractivity contribution in [3.63, 3.8) is 0 Å². The van der Waals surface area contributed by atoms with Crippen LogP contribution >= 0.6 is 23.4 Å². The van der Waals surface area contributed by atoms with Crippen molar-refractivity contribution in [1.82, 2.24) is 19.8 Å². The molecule has 0 aliphatic carbocycles. The van der Waals surface area contributed by atoms with Crippen molar-refractivity contribution in [3.05, 3.63) is 59.1 Å². The lowest BCUT2D eigenvalue weighted by Gasteiger charge is -2.36. The number of nitrogens with zero attached hydrogens (tertiary/aromatic N) is 5. The van der Waals surface area contributed by atoms with Crippen LogP contribution in [0, 0.1) is 0 Å². The van der Waals surface area contributed by atoms with E-state index < -0.39 is 0 Å². The van der Waals surface area contributed by atoms with Crippen LogP contribution in [0.15, 0.2) is 53.7 Å².